The Hall–Kier alpha value is -0.570. The highest BCUT2D eigenvalue weighted by molar-refractivity contribution is 5.83. The van der Waals surface area contributed by atoms with Crippen molar-refractivity contribution in [2.45, 2.75) is 13.8 Å². The molecule has 3 heteroatoms. The van der Waals surface area contributed by atoms with Crippen LogP contribution in [0.25, 0.3) is 0 Å². The van der Waals surface area contributed by atoms with E-state index in [9.17, 15) is 4.79 Å². The molecule has 1 saturated heterocycles. The summed E-state index contributed by atoms with van der Waals surface area (Å²) in [5, 5.41) is 1.81. The lowest BCUT2D eigenvalue weighted by atomic mass is 9.94. The lowest BCUT2D eigenvalue weighted by molar-refractivity contribution is -0.126. The molecule has 1 N–H and O–H groups in total. The fourth-order valence-corrected chi connectivity index (χ4v) is 1.03. The van der Waals surface area contributed by atoms with Gasteiger partial charge in [-0.2, -0.15) is 0 Å². The topological polar surface area (TPSA) is 32.3 Å². The highest BCUT2D eigenvalue weighted by atomic mass is 16.2. The van der Waals surface area contributed by atoms with E-state index in [0.29, 0.717) is 0 Å². The van der Waals surface area contributed by atoms with Gasteiger partial charge in [-0.3, -0.25) is 10.2 Å². The first kappa shape index (κ1) is 6.55. The van der Waals surface area contributed by atoms with E-state index in [1.54, 1.807) is 0 Å². The van der Waals surface area contributed by atoms with Crippen molar-refractivity contribution >= 4 is 5.91 Å². The highest BCUT2D eigenvalue weighted by Gasteiger charge is 2.35. The second-order valence-corrected chi connectivity index (χ2v) is 3.18. The van der Waals surface area contributed by atoms with E-state index >= 15 is 0 Å². The molecule has 0 aromatic heterocycles. The number of nitrogens with one attached hydrogen (secondary N) is 1. The van der Waals surface area contributed by atoms with Crippen molar-refractivity contribution in [2.24, 2.45) is 5.41 Å². The van der Waals surface area contributed by atoms with Crippen LogP contribution in [-0.2, 0) is 4.79 Å². The van der Waals surface area contributed by atoms with Gasteiger partial charge >= 0.3 is 0 Å². The Balaban J connectivity index is 2.70. The van der Waals surface area contributed by atoms with Gasteiger partial charge in [0.05, 0.1) is 5.41 Å². The lowest BCUT2D eigenvalue weighted by Gasteiger charge is -2.10. The average Bonchev–Trinajstić information content (AvgIpc) is 1.79. The molecule has 1 rings (SSSR count). The van der Waals surface area contributed by atoms with Crippen LogP contribution in [0.4, 0.5) is 0 Å². The van der Waals surface area contributed by atoms with Crippen LogP contribution in [0.2, 0.25) is 0 Å². The molecule has 0 bridgehead atoms. The van der Waals surface area contributed by atoms with E-state index in [1.165, 1.54) is 0 Å². The largest absolute Gasteiger partial charge is 0.289 e. The molecule has 0 radical (unpaired) electrons. The van der Waals surface area contributed by atoms with Crippen molar-refractivity contribution < 1.29 is 4.79 Å². The van der Waals surface area contributed by atoms with Crippen molar-refractivity contribution in [3.8, 4) is 0 Å². The first-order chi connectivity index (χ1) is 4.02. The maximum atomic E-state index is 11.0. The first-order valence-corrected chi connectivity index (χ1v) is 3.04. The third kappa shape index (κ3) is 1.05. The Morgan fingerprint density at radius 1 is 1.67 bits per heavy atom. The fourth-order valence-electron chi connectivity index (χ4n) is 1.03. The molecule has 3 nitrogen and oxygen atoms in total. The summed E-state index contributed by atoms with van der Waals surface area (Å²) in [5.41, 5.74) is 2.50. The van der Waals surface area contributed by atoms with Gasteiger partial charge in [-0.1, -0.05) is 0 Å². The molecule has 0 atom stereocenters. The molecule has 1 aliphatic rings. The van der Waals surface area contributed by atoms with Crippen molar-refractivity contribution in [3.05, 3.63) is 0 Å². The molecular formula is C6H12N2O. The van der Waals surface area contributed by atoms with Gasteiger partial charge in [0.15, 0.2) is 0 Å². The van der Waals surface area contributed by atoms with Crippen molar-refractivity contribution in [2.75, 3.05) is 13.6 Å². The zero-order chi connectivity index (χ0) is 7.07. The summed E-state index contributed by atoms with van der Waals surface area (Å²) in [4.78, 5) is 11.0. The Morgan fingerprint density at radius 2 is 2.22 bits per heavy atom. The molecule has 0 aliphatic carbocycles. The van der Waals surface area contributed by atoms with Crippen LogP contribution in [-0.4, -0.2) is 24.5 Å². The molecular weight excluding hydrogens is 116 g/mol. The van der Waals surface area contributed by atoms with Gasteiger partial charge in [0.1, 0.15) is 0 Å². The molecule has 52 valence electrons. The number of nitrogens with zero attached hydrogens (tertiary/aromatic N) is 1. The molecule has 1 amide bonds. The third-order valence-corrected chi connectivity index (χ3v) is 1.54. The smallest absolute Gasteiger partial charge is 0.241 e. The van der Waals surface area contributed by atoms with Gasteiger partial charge in [-0.15, -0.1) is 0 Å². The van der Waals surface area contributed by atoms with Crippen molar-refractivity contribution in [1.82, 2.24) is 10.4 Å². The van der Waals surface area contributed by atoms with Crippen LogP contribution in [0.3, 0.4) is 0 Å². The van der Waals surface area contributed by atoms with Crippen LogP contribution < -0.4 is 5.43 Å². The molecule has 1 aliphatic heterocycles. The molecule has 9 heavy (non-hydrogen) atoms. The van der Waals surface area contributed by atoms with Crippen LogP contribution >= 0.6 is 0 Å². The zero-order valence-corrected chi connectivity index (χ0v) is 6.06. The maximum absolute atomic E-state index is 11.0. The van der Waals surface area contributed by atoms with Gasteiger partial charge in [-0.25, -0.2) is 5.01 Å². The fraction of sp³-hybridized carbons (Fsp3) is 0.833. The molecule has 0 unspecified atom stereocenters. The monoisotopic (exact) mass is 128 g/mol. The summed E-state index contributed by atoms with van der Waals surface area (Å²) in [6.07, 6.45) is 0. The van der Waals surface area contributed by atoms with Crippen molar-refractivity contribution in [1.29, 1.82) is 0 Å². The van der Waals surface area contributed by atoms with E-state index in [-0.39, 0.29) is 11.3 Å². The van der Waals surface area contributed by atoms with Crippen LogP contribution in [0, 0.1) is 5.41 Å². The zero-order valence-electron chi connectivity index (χ0n) is 6.06. The summed E-state index contributed by atoms with van der Waals surface area (Å²) >= 11 is 0. The SMILES string of the molecule is CN1CC(C)(C)C(=O)N1. The summed E-state index contributed by atoms with van der Waals surface area (Å²) in [5.74, 6) is 0.116. The van der Waals surface area contributed by atoms with Gasteiger partial charge in [0, 0.05) is 13.6 Å². The minimum atomic E-state index is -0.200. The molecule has 1 fully saturated rings. The quantitative estimate of drug-likeness (QED) is 0.497. The molecule has 0 aromatic rings. The number of hydrogen-bond donors (Lipinski definition) is 1. The van der Waals surface area contributed by atoms with E-state index in [0.717, 1.165) is 6.54 Å². The van der Waals surface area contributed by atoms with Gasteiger partial charge in [0.25, 0.3) is 0 Å². The van der Waals surface area contributed by atoms with Crippen LogP contribution in [0.1, 0.15) is 13.8 Å². The summed E-state index contributed by atoms with van der Waals surface area (Å²) in [6.45, 7) is 4.67. The number of hydrogen-bond acceptors (Lipinski definition) is 2. The van der Waals surface area contributed by atoms with E-state index in [1.807, 2.05) is 25.9 Å². The van der Waals surface area contributed by atoms with Gasteiger partial charge in [-0.05, 0) is 13.8 Å². The van der Waals surface area contributed by atoms with E-state index < -0.39 is 0 Å². The number of carbonyl (C=O) groups is 1. The number of rotatable bonds is 0. The summed E-state index contributed by atoms with van der Waals surface area (Å²) in [7, 11) is 1.87. The Kier molecular flexibility index (Phi) is 1.24. The van der Waals surface area contributed by atoms with Crippen molar-refractivity contribution in [3.63, 3.8) is 0 Å². The van der Waals surface area contributed by atoms with Crippen LogP contribution in [0.15, 0.2) is 0 Å². The Labute approximate surface area is 55.0 Å². The minimum Gasteiger partial charge on any atom is -0.289 e. The number of carbonyl (C=O) groups excluding carboxylic acids is 1. The minimum absolute atomic E-state index is 0.116. The molecule has 1 heterocycles. The van der Waals surface area contributed by atoms with E-state index in [4.69, 9.17) is 0 Å². The Morgan fingerprint density at radius 3 is 2.33 bits per heavy atom. The first-order valence-electron chi connectivity index (χ1n) is 3.04. The second-order valence-electron chi connectivity index (χ2n) is 3.18. The summed E-state index contributed by atoms with van der Waals surface area (Å²) < 4.78 is 0. The van der Waals surface area contributed by atoms with Crippen LogP contribution in [0.5, 0.6) is 0 Å². The maximum Gasteiger partial charge on any atom is 0.241 e. The lowest BCUT2D eigenvalue weighted by Crippen LogP contribution is -2.29. The van der Waals surface area contributed by atoms with E-state index in [2.05, 4.69) is 5.43 Å². The highest BCUT2D eigenvalue weighted by Crippen LogP contribution is 2.20. The number of amides is 1. The third-order valence-electron chi connectivity index (χ3n) is 1.54. The normalized spacial score (nSPS) is 26.3. The average molecular weight is 128 g/mol. The summed E-state index contributed by atoms with van der Waals surface area (Å²) in [6, 6.07) is 0. The molecule has 0 spiro atoms. The number of hydrazine groups is 1. The second kappa shape index (κ2) is 1.70. The predicted octanol–water partition coefficient (Wildman–Crippen LogP) is -0.0108. The van der Waals surface area contributed by atoms with Gasteiger partial charge < -0.3 is 0 Å². The molecule has 0 aromatic carbocycles. The molecule has 0 saturated carbocycles. The van der Waals surface area contributed by atoms with Gasteiger partial charge in [0.2, 0.25) is 5.91 Å². The Bertz CT molecular complexity index is 142. The standard InChI is InChI=1S/C6H12N2O/c1-6(2)4-8(3)7-5(6)9/h4H2,1-3H3,(H,7,9). The predicted molar refractivity (Wildman–Crippen MR) is 34.6 cm³/mol.